The van der Waals surface area contributed by atoms with Crippen molar-refractivity contribution < 1.29 is 19.2 Å². The summed E-state index contributed by atoms with van der Waals surface area (Å²) in [5, 5.41) is 13.8. The van der Waals surface area contributed by atoms with Gasteiger partial charge in [-0.05, 0) is 42.0 Å². The fraction of sp³-hybridized carbons (Fsp3) is 0.0833. The van der Waals surface area contributed by atoms with E-state index in [2.05, 4.69) is 10.3 Å². The van der Waals surface area contributed by atoms with Gasteiger partial charge in [-0.2, -0.15) is 0 Å². The van der Waals surface area contributed by atoms with Gasteiger partial charge in [-0.15, -0.1) is 0 Å². The molecular weight excluding hydrogens is 460 g/mol. The smallest absolute Gasteiger partial charge is 0.288 e. The number of nitro groups is 1. The van der Waals surface area contributed by atoms with Crippen LogP contribution < -0.4 is 14.8 Å². The molecule has 0 spiro atoms. The van der Waals surface area contributed by atoms with Crippen LogP contribution in [0.2, 0.25) is 5.02 Å². The first-order chi connectivity index (χ1) is 16.4. The van der Waals surface area contributed by atoms with E-state index in [-0.39, 0.29) is 17.3 Å². The molecular formula is C24H19ClN4O5. The highest BCUT2D eigenvalue weighted by Crippen LogP contribution is 2.31. The Morgan fingerprint density at radius 3 is 2.82 bits per heavy atom. The topological polar surface area (TPSA) is 108 Å². The van der Waals surface area contributed by atoms with Gasteiger partial charge in [-0.3, -0.25) is 14.9 Å². The molecule has 2 aromatic heterocycles. The monoisotopic (exact) mass is 478 g/mol. The van der Waals surface area contributed by atoms with Crippen LogP contribution in [0.5, 0.6) is 11.5 Å². The number of rotatable bonds is 8. The van der Waals surface area contributed by atoms with Gasteiger partial charge >= 0.3 is 0 Å². The Bertz CT molecular complexity index is 1370. The predicted octanol–water partition coefficient (Wildman–Crippen LogP) is 5.14. The summed E-state index contributed by atoms with van der Waals surface area (Å²) < 4.78 is 13.1. The van der Waals surface area contributed by atoms with E-state index in [1.807, 2.05) is 35.0 Å². The van der Waals surface area contributed by atoms with Gasteiger partial charge in [0, 0.05) is 36.3 Å². The number of fused-ring (bicyclic) bond motifs is 1. The maximum atomic E-state index is 12.4. The molecule has 172 valence electrons. The lowest BCUT2D eigenvalue weighted by Crippen LogP contribution is -2.08. The molecule has 1 amide bonds. The summed E-state index contributed by atoms with van der Waals surface area (Å²) in [4.78, 5) is 27.3. The average Bonchev–Trinajstić information content (AvgIpc) is 3.25. The van der Waals surface area contributed by atoms with E-state index in [0.717, 1.165) is 11.3 Å². The summed E-state index contributed by atoms with van der Waals surface area (Å²) in [6.07, 6.45) is 6.51. The minimum absolute atomic E-state index is 0.0287. The Hall–Kier alpha value is -4.37. The van der Waals surface area contributed by atoms with Gasteiger partial charge in [-0.25, -0.2) is 4.98 Å². The number of hydrogen-bond acceptors (Lipinski definition) is 6. The lowest BCUT2D eigenvalue weighted by atomic mass is 10.2. The number of carbonyl (C=O) groups is 1. The van der Waals surface area contributed by atoms with Crippen LogP contribution in [0.15, 0.2) is 73.1 Å². The van der Waals surface area contributed by atoms with Crippen molar-refractivity contribution >= 4 is 40.6 Å². The molecule has 2 heterocycles. The first-order valence-corrected chi connectivity index (χ1v) is 10.5. The molecule has 34 heavy (non-hydrogen) atoms. The van der Waals surface area contributed by atoms with Gasteiger partial charge < -0.3 is 19.2 Å². The maximum absolute atomic E-state index is 12.4. The van der Waals surface area contributed by atoms with E-state index in [9.17, 15) is 14.9 Å². The SMILES string of the molecule is COc1ccc(NC(=O)C=Cc2ccc(Cl)c([N+](=O)[O-])c2)cc1OCc1cn2ccccc2n1. The number of hydrogen-bond donors (Lipinski definition) is 1. The molecule has 0 aliphatic carbocycles. The van der Waals surface area contributed by atoms with Gasteiger partial charge in [-0.1, -0.05) is 23.7 Å². The molecule has 9 nitrogen and oxygen atoms in total. The van der Waals surface area contributed by atoms with E-state index >= 15 is 0 Å². The number of amides is 1. The number of pyridine rings is 1. The third-order valence-corrected chi connectivity index (χ3v) is 5.13. The molecule has 0 bridgehead atoms. The van der Waals surface area contributed by atoms with E-state index in [0.29, 0.717) is 22.7 Å². The van der Waals surface area contributed by atoms with Crippen molar-refractivity contribution in [3.05, 3.63) is 99.5 Å². The number of nitrogens with zero attached hydrogens (tertiary/aromatic N) is 3. The minimum Gasteiger partial charge on any atom is -0.493 e. The zero-order chi connectivity index (χ0) is 24.1. The molecule has 1 N–H and O–H groups in total. The number of halogens is 1. The van der Waals surface area contributed by atoms with Gasteiger partial charge in [0.15, 0.2) is 11.5 Å². The highest BCUT2D eigenvalue weighted by Gasteiger charge is 2.12. The fourth-order valence-electron chi connectivity index (χ4n) is 3.20. The fourth-order valence-corrected chi connectivity index (χ4v) is 3.39. The number of methoxy groups -OCH3 is 1. The summed E-state index contributed by atoms with van der Waals surface area (Å²) in [6.45, 7) is 0.213. The molecule has 4 rings (SSSR count). The van der Waals surface area contributed by atoms with Crippen molar-refractivity contribution in [2.45, 2.75) is 6.61 Å². The summed E-state index contributed by atoms with van der Waals surface area (Å²) in [5.41, 5.74) is 2.28. The lowest BCUT2D eigenvalue weighted by Gasteiger charge is -2.12. The molecule has 0 saturated carbocycles. The molecule has 0 aliphatic rings. The normalized spacial score (nSPS) is 11.0. The van der Waals surface area contributed by atoms with E-state index in [1.165, 1.54) is 31.4 Å². The second-order valence-electron chi connectivity index (χ2n) is 7.14. The number of ether oxygens (including phenoxy) is 2. The Labute approximate surface area is 199 Å². The van der Waals surface area contributed by atoms with Crippen LogP contribution in [0.25, 0.3) is 11.7 Å². The largest absolute Gasteiger partial charge is 0.493 e. The van der Waals surface area contributed by atoms with E-state index < -0.39 is 10.8 Å². The molecule has 10 heteroatoms. The Balaban J connectivity index is 1.44. The number of aromatic nitrogens is 2. The van der Waals surface area contributed by atoms with Crippen LogP contribution in [0.3, 0.4) is 0 Å². The van der Waals surface area contributed by atoms with Crippen LogP contribution in [-0.4, -0.2) is 27.3 Å². The van der Waals surface area contributed by atoms with Crippen LogP contribution in [0, 0.1) is 10.1 Å². The first-order valence-electron chi connectivity index (χ1n) is 10.1. The molecule has 0 saturated heterocycles. The van der Waals surface area contributed by atoms with E-state index in [1.54, 1.807) is 24.3 Å². The number of nitro benzene ring substituents is 1. The molecule has 4 aromatic rings. The van der Waals surface area contributed by atoms with Crippen LogP contribution >= 0.6 is 11.6 Å². The third kappa shape index (κ3) is 5.33. The van der Waals surface area contributed by atoms with Crippen molar-refractivity contribution in [2.75, 3.05) is 12.4 Å². The van der Waals surface area contributed by atoms with Gasteiger partial charge in [0.2, 0.25) is 5.91 Å². The summed E-state index contributed by atoms with van der Waals surface area (Å²) in [6, 6.07) is 15.0. The number of nitrogens with one attached hydrogen (secondary N) is 1. The maximum Gasteiger partial charge on any atom is 0.288 e. The first kappa shape index (κ1) is 22.8. The number of carbonyl (C=O) groups excluding carboxylic acids is 1. The number of benzene rings is 2. The summed E-state index contributed by atoms with van der Waals surface area (Å²) in [7, 11) is 1.53. The zero-order valence-corrected chi connectivity index (χ0v) is 18.7. The van der Waals surface area contributed by atoms with Crippen molar-refractivity contribution in [2.24, 2.45) is 0 Å². The van der Waals surface area contributed by atoms with E-state index in [4.69, 9.17) is 21.1 Å². The Kier molecular flexibility index (Phi) is 6.74. The summed E-state index contributed by atoms with van der Waals surface area (Å²) in [5.74, 6) is 0.523. The van der Waals surface area contributed by atoms with Gasteiger partial charge in [0.1, 0.15) is 17.3 Å². The van der Waals surface area contributed by atoms with Crippen molar-refractivity contribution in [1.29, 1.82) is 0 Å². The average molecular weight is 479 g/mol. The second kappa shape index (κ2) is 10.1. The molecule has 0 atom stereocenters. The number of anilines is 1. The van der Waals surface area contributed by atoms with Gasteiger partial charge in [0.05, 0.1) is 17.7 Å². The molecule has 0 unspecified atom stereocenters. The standard InChI is InChI=1S/C24H19ClN4O5/c1-33-21-9-7-17(13-22(21)34-15-18-14-28-11-3-2-4-23(28)26-18)27-24(30)10-6-16-5-8-19(25)20(12-16)29(31)32/h2-14H,15H2,1H3,(H,27,30). The third-order valence-electron chi connectivity index (χ3n) is 4.81. The lowest BCUT2D eigenvalue weighted by molar-refractivity contribution is -0.384. The molecule has 0 aliphatic heterocycles. The van der Waals surface area contributed by atoms with Crippen molar-refractivity contribution in [3.8, 4) is 11.5 Å². The Morgan fingerprint density at radius 2 is 2.06 bits per heavy atom. The molecule has 0 fully saturated rings. The molecule has 0 radical (unpaired) electrons. The van der Waals surface area contributed by atoms with Crippen LogP contribution in [0.4, 0.5) is 11.4 Å². The van der Waals surface area contributed by atoms with Crippen molar-refractivity contribution in [1.82, 2.24) is 9.38 Å². The van der Waals surface area contributed by atoms with Gasteiger partial charge in [0.25, 0.3) is 5.69 Å². The predicted molar refractivity (Wildman–Crippen MR) is 128 cm³/mol. The summed E-state index contributed by atoms with van der Waals surface area (Å²) >= 11 is 5.81. The zero-order valence-electron chi connectivity index (χ0n) is 18.0. The molecule has 2 aromatic carbocycles. The quantitative estimate of drug-likeness (QED) is 0.213. The van der Waals surface area contributed by atoms with Crippen LogP contribution in [-0.2, 0) is 11.4 Å². The second-order valence-corrected chi connectivity index (χ2v) is 7.55. The highest BCUT2D eigenvalue weighted by molar-refractivity contribution is 6.32. The van der Waals surface area contributed by atoms with Crippen LogP contribution in [0.1, 0.15) is 11.3 Å². The van der Waals surface area contributed by atoms with Crippen molar-refractivity contribution in [3.63, 3.8) is 0 Å². The number of imidazole rings is 1. The minimum atomic E-state index is -0.578. The Morgan fingerprint density at radius 1 is 1.21 bits per heavy atom. The highest BCUT2D eigenvalue weighted by atomic mass is 35.5.